The van der Waals surface area contributed by atoms with Crippen LogP contribution >= 0.6 is 0 Å². The zero-order valence-electron chi connectivity index (χ0n) is 11.3. The fourth-order valence-electron chi connectivity index (χ4n) is 2.53. The van der Waals surface area contributed by atoms with E-state index < -0.39 is 24.4 Å². The van der Waals surface area contributed by atoms with Crippen molar-refractivity contribution in [1.29, 1.82) is 0 Å². The lowest BCUT2D eigenvalue weighted by molar-refractivity contribution is -0.232. The topological polar surface area (TPSA) is 102 Å². The van der Waals surface area contributed by atoms with Crippen molar-refractivity contribution in [1.82, 2.24) is 5.32 Å². The number of phenolic OH excluding ortho intramolecular Hbond substituents is 1. The molecule has 20 heavy (non-hydrogen) atoms. The first-order valence-electron chi connectivity index (χ1n) is 6.65. The van der Waals surface area contributed by atoms with Gasteiger partial charge in [0.15, 0.2) is 6.29 Å². The van der Waals surface area contributed by atoms with Crippen molar-refractivity contribution in [2.75, 3.05) is 13.7 Å². The minimum absolute atomic E-state index is 0.0672. The molecule has 0 amide bonds. The Balaban J connectivity index is 2.10. The van der Waals surface area contributed by atoms with Gasteiger partial charge >= 0.3 is 0 Å². The monoisotopic (exact) mass is 283 g/mol. The fraction of sp³-hybridized carbons (Fsp3) is 0.571. The number of rotatable bonds is 4. The van der Waals surface area contributed by atoms with Crippen molar-refractivity contribution in [3.8, 4) is 5.75 Å². The third-order valence-corrected chi connectivity index (χ3v) is 3.79. The van der Waals surface area contributed by atoms with Gasteiger partial charge in [0.2, 0.25) is 0 Å². The third kappa shape index (κ3) is 3.28. The van der Waals surface area contributed by atoms with Gasteiger partial charge in [0, 0.05) is 12.0 Å². The molecule has 1 aliphatic rings. The van der Waals surface area contributed by atoms with E-state index in [4.69, 9.17) is 4.74 Å². The second-order valence-corrected chi connectivity index (χ2v) is 5.11. The number of hydrogen-bond donors (Lipinski definition) is 5. The fourth-order valence-corrected chi connectivity index (χ4v) is 2.53. The highest BCUT2D eigenvalue weighted by Crippen LogP contribution is 2.30. The zero-order chi connectivity index (χ0) is 14.7. The summed E-state index contributed by atoms with van der Waals surface area (Å²) < 4.78 is 5.05. The molecule has 5 N–H and O–H groups in total. The molecule has 2 unspecified atom stereocenters. The SMILES string of the molecule is CNC(C[C@H]1C(O)OC[C@@H](O)[C@@H]1O)c1ccc(O)cc1. The quantitative estimate of drug-likeness (QED) is 0.521. The van der Waals surface area contributed by atoms with Gasteiger partial charge in [-0.15, -0.1) is 0 Å². The number of hydrogen-bond acceptors (Lipinski definition) is 6. The van der Waals surface area contributed by atoms with Crippen molar-refractivity contribution in [2.24, 2.45) is 5.92 Å². The van der Waals surface area contributed by atoms with Crippen LogP contribution in [0.15, 0.2) is 24.3 Å². The van der Waals surface area contributed by atoms with Gasteiger partial charge in [0.1, 0.15) is 11.9 Å². The summed E-state index contributed by atoms with van der Waals surface area (Å²) in [5, 5.41) is 41.8. The Morgan fingerprint density at radius 2 is 1.90 bits per heavy atom. The Labute approximate surface area is 117 Å². The second kappa shape index (κ2) is 6.51. The van der Waals surface area contributed by atoms with E-state index in [2.05, 4.69) is 5.32 Å². The summed E-state index contributed by atoms with van der Waals surface area (Å²) >= 11 is 0. The van der Waals surface area contributed by atoms with Crippen molar-refractivity contribution < 1.29 is 25.2 Å². The van der Waals surface area contributed by atoms with Gasteiger partial charge in [-0.2, -0.15) is 0 Å². The molecule has 1 aromatic carbocycles. The number of phenols is 1. The van der Waals surface area contributed by atoms with Crippen LogP contribution in [0.1, 0.15) is 18.0 Å². The molecule has 0 aliphatic carbocycles. The van der Waals surface area contributed by atoms with Crippen LogP contribution < -0.4 is 5.32 Å². The van der Waals surface area contributed by atoms with Gasteiger partial charge in [-0.1, -0.05) is 12.1 Å². The van der Waals surface area contributed by atoms with E-state index in [1.807, 2.05) is 0 Å². The molecule has 2 rings (SSSR count). The molecule has 0 radical (unpaired) electrons. The Kier molecular flexibility index (Phi) is 4.95. The first-order valence-corrected chi connectivity index (χ1v) is 6.65. The minimum Gasteiger partial charge on any atom is -0.508 e. The summed E-state index contributed by atoms with van der Waals surface area (Å²) in [6.07, 6.45) is -2.70. The van der Waals surface area contributed by atoms with Crippen LogP contribution in [0.4, 0.5) is 0 Å². The molecule has 1 heterocycles. The predicted octanol–water partition coefficient (Wildman–Crippen LogP) is -0.271. The first-order chi connectivity index (χ1) is 9.52. The van der Waals surface area contributed by atoms with Gasteiger partial charge in [-0.3, -0.25) is 0 Å². The van der Waals surface area contributed by atoms with Gasteiger partial charge in [0.05, 0.1) is 12.7 Å². The van der Waals surface area contributed by atoms with Crippen molar-refractivity contribution in [3.63, 3.8) is 0 Å². The number of aliphatic hydroxyl groups is 3. The van der Waals surface area contributed by atoms with E-state index in [0.717, 1.165) is 5.56 Å². The van der Waals surface area contributed by atoms with Gasteiger partial charge in [-0.25, -0.2) is 0 Å². The molecule has 5 atom stereocenters. The van der Waals surface area contributed by atoms with Crippen LogP contribution in [0.5, 0.6) is 5.75 Å². The largest absolute Gasteiger partial charge is 0.508 e. The number of nitrogens with one attached hydrogen (secondary N) is 1. The number of aromatic hydroxyl groups is 1. The highest BCUT2D eigenvalue weighted by Gasteiger charge is 2.38. The Morgan fingerprint density at radius 1 is 1.25 bits per heavy atom. The molecule has 1 aliphatic heterocycles. The standard InChI is InChI=1S/C14H21NO5/c1-15-11(8-2-4-9(16)5-3-8)6-10-13(18)12(17)7-20-14(10)19/h2-5,10-19H,6-7H2,1H3/t10-,11?,12-,13-,14?/m1/s1. The summed E-state index contributed by atoms with van der Waals surface area (Å²) in [5.41, 5.74) is 0.921. The summed E-state index contributed by atoms with van der Waals surface area (Å²) in [4.78, 5) is 0. The van der Waals surface area contributed by atoms with Crippen LogP contribution in [0.3, 0.4) is 0 Å². The molecule has 112 valence electrons. The number of aliphatic hydroxyl groups excluding tert-OH is 3. The second-order valence-electron chi connectivity index (χ2n) is 5.11. The van der Waals surface area contributed by atoms with E-state index in [1.165, 1.54) is 0 Å². The smallest absolute Gasteiger partial charge is 0.160 e. The van der Waals surface area contributed by atoms with Gasteiger partial charge in [0.25, 0.3) is 0 Å². The lowest BCUT2D eigenvalue weighted by atomic mass is 9.86. The first kappa shape index (κ1) is 15.2. The minimum atomic E-state index is -1.10. The molecular formula is C14H21NO5. The summed E-state index contributed by atoms with van der Waals surface area (Å²) in [6.45, 7) is -0.0672. The predicted molar refractivity (Wildman–Crippen MR) is 72.0 cm³/mol. The van der Waals surface area contributed by atoms with Crippen LogP contribution in [-0.2, 0) is 4.74 Å². The van der Waals surface area contributed by atoms with E-state index >= 15 is 0 Å². The average Bonchev–Trinajstić information content (AvgIpc) is 2.45. The maximum Gasteiger partial charge on any atom is 0.160 e. The molecular weight excluding hydrogens is 262 g/mol. The van der Waals surface area contributed by atoms with Crippen LogP contribution in [0.2, 0.25) is 0 Å². The lowest BCUT2D eigenvalue weighted by Gasteiger charge is -2.37. The molecule has 0 saturated carbocycles. The molecule has 0 aromatic heterocycles. The van der Waals surface area contributed by atoms with Crippen LogP contribution in [0.25, 0.3) is 0 Å². The maximum atomic E-state index is 9.99. The normalized spacial score (nSPS) is 32.0. The third-order valence-electron chi connectivity index (χ3n) is 3.79. The Morgan fingerprint density at radius 3 is 2.50 bits per heavy atom. The average molecular weight is 283 g/mol. The van der Waals surface area contributed by atoms with Crippen molar-refractivity contribution >= 4 is 0 Å². The van der Waals surface area contributed by atoms with E-state index in [1.54, 1.807) is 31.3 Å². The molecule has 6 heteroatoms. The molecule has 0 spiro atoms. The summed E-state index contributed by atoms with van der Waals surface area (Å²) in [7, 11) is 1.77. The molecule has 0 bridgehead atoms. The van der Waals surface area contributed by atoms with Crippen molar-refractivity contribution in [3.05, 3.63) is 29.8 Å². The molecule has 1 saturated heterocycles. The van der Waals surface area contributed by atoms with Gasteiger partial charge < -0.3 is 30.5 Å². The summed E-state index contributed by atoms with van der Waals surface area (Å²) in [6, 6.07) is 6.58. The van der Waals surface area contributed by atoms with E-state index in [9.17, 15) is 20.4 Å². The molecule has 1 fully saturated rings. The Hall–Kier alpha value is -1.18. The zero-order valence-corrected chi connectivity index (χ0v) is 11.3. The lowest BCUT2D eigenvalue weighted by Crippen LogP contribution is -2.50. The molecule has 1 aromatic rings. The maximum absolute atomic E-state index is 9.99. The number of ether oxygens (including phenoxy) is 1. The molecule has 6 nitrogen and oxygen atoms in total. The van der Waals surface area contributed by atoms with E-state index in [-0.39, 0.29) is 18.4 Å². The summed E-state index contributed by atoms with van der Waals surface area (Å²) in [5.74, 6) is -0.398. The van der Waals surface area contributed by atoms with Crippen LogP contribution in [0, 0.1) is 5.92 Å². The van der Waals surface area contributed by atoms with Crippen molar-refractivity contribution in [2.45, 2.75) is 31.0 Å². The Bertz CT molecular complexity index is 424. The highest BCUT2D eigenvalue weighted by atomic mass is 16.6. The number of benzene rings is 1. The highest BCUT2D eigenvalue weighted by molar-refractivity contribution is 5.28. The van der Waals surface area contributed by atoms with E-state index in [0.29, 0.717) is 6.42 Å². The van der Waals surface area contributed by atoms with Gasteiger partial charge in [-0.05, 0) is 31.2 Å². The van der Waals surface area contributed by atoms with Crippen LogP contribution in [-0.4, -0.2) is 52.6 Å².